The first-order valence-corrected chi connectivity index (χ1v) is 6.10. The molecule has 4 heteroatoms. The first-order chi connectivity index (χ1) is 7.66. The van der Waals surface area contributed by atoms with Gasteiger partial charge in [-0.15, -0.1) is 0 Å². The topological polar surface area (TPSA) is 55.4 Å². The molecule has 0 radical (unpaired) electrons. The lowest BCUT2D eigenvalue weighted by Gasteiger charge is -2.24. The van der Waals surface area contributed by atoms with Crippen LogP contribution in [-0.4, -0.2) is 30.4 Å². The van der Waals surface area contributed by atoms with Crippen LogP contribution in [0.25, 0.3) is 0 Å². The van der Waals surface area contributed by atoms with Gasteiger partial charge in [0.1, 0.15) is 11.9 Å². The zero-order chi connectivity index (χ0) is 11.5. The van der Waals surface area contributed by atoms with Crippen molar-refractivity contribution in [1.82, 2.24) is 5.32 Å². The lowest BCUT2D eigenvalue weighted by atomic mass is 9.94. The van der Waals surface area contributed by atoms with Crippen molar-refractivity contribution in [3.05, 3.63) is 0 Å². The highest BCUT2D eigenvalue weighted by Crippen LogP contribution is 2.21. The number of carbonyl (C=O) groups is 2. The fourth-order valence-electron chi connectivity index (χ4n) is 2.40. The summed E-state index contributed by atoms with van der Waals surface area (Å²) in [4.78, 5) is 22.9. The highest BCUT2D eigenvalue weighted by molar-refractivity contribution is 5.83. The highest BCUT2D eigenvalue weighted by atomic mass is 16.5. The smallest absolute Gasteiger partial charge is 0.249 e. The molecule has 2 rings (SSSR count). The van der Waals surface area contributed by atoms with E-state index in [1.807, 2.05) is 6.92 Å². The van der Waals surface area contributed by atoms with E-state index in [-0.39, 0.29) is 18.1 Å². The third-order valence-corrected chi connectivity index (χ3v) is 3.54. The zero-order valence-electron chi connectivity index (χ0n) is 9.70. The Morgan fingerprint density at radius 1 is 1.31 bits per heavy atom. The average Bonchev–Trinajstić information content (AvgIpc) is 2.68. The van der Waals surface area contributed by atoms with E-state index in [0.717, 1.165) is 19.3 Å². The van der Waals surface area contributed by atoms with Crippen molar-refractivity contribution in [3.63, 3.8) is 0 Å². The minimum absolute atomic E-state index is 0.00403. The molecule has 0 aromatic rings. The molecule has 1 saturated carbocycles. The average molecular weight is 225 g/mol. The Bertz CT molecular complexity index is 280. The summed E-state index contributed by atoms with van der Waals surface area (Å²) in [5.41, 5.74) is 0. The van der Waals surface area contributed by atoms with Gasteiger partial charge in [0.25, 0.3) is 0 Å². The number of rotatable bonds is 2. The van der Waals surface area contributed by atoms with Crippen LogP contribution in [0.15, 0.2) is 0 Å². The number of hydrogen-bond acceptors (Lipinski definition) is 3. The number of ether oxygens (including phenoxy) is 1. The number of nitrogens with one attached hydrogen (secondary N) is 1. The largest absolute Gasteiger partial charge is 0.368 e. The lowest BCUT2D eigenvalue weighted by Crippen LogP contribution is -2.44. The molecule has 0 spiro atoms. The summed E-state index contributed by atoms with van der Waals surface area (Å²) in [6.07, 6.45) is 3.45. The normalized spacial score (nSPS) is 31.7. The number of Topliss-reactive ketones (excluding diaryl/α,β-unsaturated/α-hetero) is 1. The minimum atomic E-state index is -0.280. The van der Waals surface area contributed by atoms with Crippen molar-refractivity contribution >= 4 is 11.7 Å². The molecule has 0 aromatic carbocycles. The summed E-state index contributed by atoms with van der Waals surface area (Å²) >= 11 is 0. The molecule has 1 aliphatic heterocycles. The number of ketones is 1. The van der Waals surface area contributed by atoms with Crippen LogP contribution in [0.5, 0.6) is 0 Å². The SMILES string of the molecule is CC1CCOC1C(=O)NC1CCC(=O)CC1. The molecular formula is C12H19NO3. The quantitative estimate of drug-likeness (QED) is 0.764. The lowest BCUT2D eigenvalue weighted by molar-refractivity contribution is -0.133. The van der Waals surface area contributed by atoms with Gasteiger partial charge < -0.3 is 10.1 Å². The van der Waals surface area contributed by atoms with Crippen LogP contribution < -0.4 is 5.32 Å². The van der Waals surface area contributed by atoms with E-state index in [4.69, 9.17) is 4.74 Å². The number of carbonyl (C=O) groups excluding carboxylic acids is 2. The summed E-state index contributed by atoms with van der Waals surface area (Å²) in [6, 6.07) is 0.168. The van der Waals surface area contributed by atoms with E-state index in [1.54, 1.807) is 0 Å². The van der Waals surface area contributed by atoms with E-state index < -0.39 is 0 Å². The van der Waals surface area contributed by atoms with Crippen molar-refractivity contribution < 1.29 is 14.3 Å². The van der Waals surface area contributed by atoms with E-state index in [2.05, 4.69) is 5.32 Å². The molecular weight excluding hydrogens is 206 g/mol. The molecule has 4 nitrogen and oxygen atoms in total. The van der Waals surface area contributed by atoms with Gasteiger partial charge in [-0.3, -0.25) is 9.59 Å². The Morgan fingerprint density at radius 2 is 2.00 bits per heavy atom. The van der Waals surface area contributed by atoms with E-state index >= 15 is 0 Å². The third kappa shape index (κ3) is 2.61. The highest BCUT2D eigenvalue weighted by Gasteiger charge is 2.32. The van der Waals surface area contributed by atoms with E-state index in [1.165, 1.54) is 0 Å². The first-order valence-electron chi connectivity index (χ1n) is 6.10. The van der Waals surface area contributed by atoms with Gasteiger partial charge in [-0.05, 0) is 25.2 Å². The zero-order valence-corrected chi connectivity index (χ0v) is 9.70. The maximum atomic E-state index is 11.9. The van der Waals surface area contributed by atoms with Crippen molar-refractivity contribution in [3.8, 4) is 0 Å². The van der Waals surface area contributed by atoms with Crippen molar-refractivity contribution in [1.29, 1.82) is 0 Å². The Hall–Kier alpha value is -0.900. The molecule has 90 valence electrons. The van der Waals surface area contributed by atoms with E-state index in [9.17, 15) is 9.59 Å². The van der Waals surface area contributed by atoms with Crippen LogP contribution in [0.3, 0.4) is 0 Å². The molecule has 0 bridgehead atoms. The molecule has 16 heavy (non-hydrogen) atoms. The molecule has 0 aromatic heterocycles. The Morgan fingerprint density at radius 3 is 2.56 bits per heavy atom. The molecule has 1 saturated heterocycles. The van der Waals surface area contributed by atoms with Gasteiger partial charge in [0.15, 0.2) is 0 Å². The van der Waals surface area contributed by atoms with Crippen molar-refractivity contribution in [2.75, 3.05) is 6.61 Å². The van der Waals surface area contributed by atoms with Gasteiger partial charge in [0, 0.05) is 25.5 Å². The van der Waals surface area contributed by atoms with Crippen LogP contribution >= 0.6 is 0 Å². The summed E-state index contributed by atoms with van der Waals surface area (Å²) in [7, 11) is 0. The second-order valence-corrected chi connectivity index (χ2v) is 4.88. The van der Waals surface area contributed by atoms with Crippen molar-refractivity contribution in [2.45, 2.75) is 51.2 Å². The first kappa shape index (κ1) is 11.6. The maximum Gasteiger partial charge on any atom is 0.249 e. The third-order valence-electron chi connectivity index (χ3n) is 3.54. The minimum Gasteiger partial charge on any atom is -0.368 e. The molecule has 2 aliphatic rings. The molecule has 1 N–H and O–H groups in total. The second-order valence-electron chi connectivity index (χ2n) is 4.88. The van der Waals surface area contributed by atoms with Crippen molar-refractivity contribution in [2.24, 2.45) is 5.92 Å². The van der Waals surface area contributed by atoms with Gasteiger partial charge in [-0.1, -0.05) is 6.92 Å². The maximum absolute atomic E-state index is 11.9. The molecule has 1 heterocycles. The Balaban J connectivity index is 1.80. The second kappa shape index (κ2) is 4.95. The van der Waals surface area contributed by atoms with Crippen LogP contribution in [0, 0.1) is 5.92 Å². The monoisotopic (exact) mass is 225 g/mol. The summed E-state index contributed by atoms with van der Waals surface area (Å²) in [5.74, 6) is 0.630. The molecule has 1 amide bonds. The van der Waals surface area contributed by atoms with Crippen LogP contribution in [0.4, 0.5) is 0 Å². The standard InChI is InChI=1S/C12H19NO3/c1-8-6-7-16-11(8)12(15)13-9-2-4-10(14)5-3-9/h8-9,11H,2-7H2,1H3,(H,13,15). The summed E-state index contributed by atoms with van der Waals surface area (Å²) in [5, 5.41) is 3.00. The molecule has 2 fully saturated rings. The predicted octanol–water partition coefficient (Wildman–Crippen LogP) is 1.04. The fraction of sp³-hybridized carbons (Fsp3) is 0.833. The summed E-state index contributed by atoms with van der Waals surface area (Å²) < 4.78 is 5.41. The van der Waals surface area contributed by atoms with Gasteiger partial charge in [0.05, 0.1) is 0 Å². The molecule has 1 aliphatic carbocycles. The van der Waals surface area contributed by atoms with E-state index in [0.29, 0.717) is 31.1 Å². The summed E-state index contributed by atoms with van der Waals surface area (Å²) in [6.45, 7) is 2.73. The fourth-order valence-corrected chi connectivity index (χ4v) is 2.40. The van der Waals surface area contributed by atoms with Crippen LogP contribution in [0.2, 0.25) is 0 Å². The van der Waals surface area contributed by atoms with Gasteiger partial charge in [-0.2, -0.15) is 0 Å². The molecule has 2 unspecified atom stereocenters. The van der Waals surface area contributed by atoms with Gasteiger partial charge >= 0.3 is 0 Å². The molecule has 2 atom stereocenters. The van der Waals surface area contributed by atoms with Gasteiger partial charge in [0.2, 0.25) is 5.91 Å². The predicted molar refractivity (Wildman–Crippen MR) is 58.9 cm³/mol. The Labute approximate surface area is 95.7 Å². The number of amides is 1. The van der Waals surface area contributed by atoms with Crippen LogP contribution in [0.1, 0.15) is 39.0 Å². The van der Waals surface area contributed by atoms with Crippen LogP contribution in [-0.2, 0) is 14.3 Å². The number of hydrogen-bond donors (Lipinski definition) is 1. The Kier molecular flexibility index (Phi) is 3.59. The van der Waals surface area contributed by atoms with Gasteiger partial charge in [-0.25, -0.2) is 0 Å².